The number of nitrogens with two attached hydrogens (primary N) is 1. The summed E-state index contributed by atoms with van der Waals surface area (Å²) in [6.45, 7) is 0. The van der Waals surface area contributed by atoms with Crippen LogP contribution >= 0.6 is 34.8 Å². The highest BCUT2D eigenvalue weighted by Gasteiger charge is 2.13. The van der Waals surface area contributed by atoms with Crippen LogP contribution in [0.25, 0.3) is 22.7 Å². The van der Waals surface area contributed by atoms with Gasteiger partial charge in [-0.15, -0.1) is 0 Å². The summed E-state index contributed by atoms with van der Waals surface area (Å²) in [5, 5.41) is 1.17. The number of halogens is 3. The monoisotopic (exact) mass is 313 g/mol. The van der Waals surface area contributed by atoms with Gasteiger partial charge in [-0.25, -0.2) is 9.97 Å². The molecule has 0 saturated carbocycles. The Kier molecular flexibility index (Phi) is 3.01. The van der Waals surface area contributed by atoms with Crippen LogP contribution in [0.1, 0.15) is 0 Å². The van der Waals surface area contributed by atoms with Crippen molar-refractivity contribution in [1.29, 1.82) is 0 Å². The van der Waals surface area contributed by atoms with Crippen LogP contribution in [0.3, 0.4) is 0 Å². The number of pyridine rings is 1. The van der Waals surface area contributed by atoms with Gasteiger partial charge >= 0.3 is 0 Å². The van der Waals surface area contributed by atoms with Gasteiger partial charge in [-0.3, -0.25) is 0 Å². The summed E-state index contributed by atoms with van der Waals surface area (Å²) >= 11 is 17.8. The lowest BCUT2D eigenvalue weighted by Crippen LogP contribution is -1.89. The molecule has 0 spiro atoms. The Labute approximate surface area is 123 Å². The highest BCUT2D eigenvalue weighted by molar-refractivity contribution is 6.39. The van der Waals surface area contributed by atoms with E-state index in [9.17, 15) is 0 Å². The minimum absolute atomic E-state index is 0.323. The molecule has 0 aliphatic rings. The molecule has 0 amide bonds. The van der Waals surface area contributed by atoms with Gasteiger partial charge in [-0.1, -0.05) is 34.8 Å². The molecule has 0 unspecified atom stereocenters. The van der Waals surface area contributed by atoms with Crippen molar-refractivity contribution in [3.05, 3.63) is 39.5 Å². The molecule has 96 valence electrons. The fraction of sp³-hybridized carbons (Fsp3) is 0. The number of oxazole rings is 1. The second-order valence-corrected chi connectivity index (χ2v) is 5.10. The smallest absolute Gasteiger partial charge is 0.247 e. The molecule has 0 saturated heterocycles. The molecular weight excluding hydrogens is 309 g/mol. The van der Waals surface area contributed by atoms with Crippen LogP contribution in [-0.4, -0.2) is 9.97 Å². The highest BCUT2D eigenvalue weighted by atomic mass is 35.5. The zero-order chi connectivity index (χ0) is 13.6. The van der Waals surface area contributed by atoms with Gasteiger partial charge in [0.2, 0.25) is 11.6 Å². The quantitative estimate of drug-likeness (QED) is 0.675. The van der Waals surface area contributed by atoms with Crippen molar-refractivity contribution >= 4 is 51.7 Å². The Hall–Kier alpha value is -1.49. The Morgan fingerprint density at radius 2 is 1.74 bits per heavy atom. The Bertz CT molecular complexity index is 762. The van der Waals surface area contributed by atoms with Crippen molar-refractivity contribution in [1.82, 2.24) is 9.97 Å². The van der Waals surface area contributed by atoms with E-state index in [4.69, 9.17) is 45.0 Å². The first-order chi connectivity index (χ1) is 9.04. The van der Waals surface area contributed by atoms with Crippen LogP contribution in [-0.2, 0) is 0 Å². The number of aromatic nitrogens is 2. The van der Waals surface area contributed by atoms with Gasteiger partial charge in [0.15, 0.2) is 0 Å². The third kappa shape index (κ3) is 2.23. The third-order valence-corrected chi connectivity index (χ3v) is 3.37. The van der Waals surface area contributed by atoms with Crippen LogP contribution in [0.4, 0.5) is 5.69 Å². The number of anilines is 1. The molecule has 2 aromatic heterocycles. The van der Waals surface area contributed by atoms with Gasteiger partial charge in [-0.2, -0.15) is 0 Å². The van der Waals surface area contributed by atoms with E-state index in [1.165, 1.54) is 6.20 Å². The first kappa shape index (κ1) is 12.5. The van der Waals surface area contributed by atoms with Gasteiger partial charge in [0, 0.05) is 11.8 Å². The SMILES string of the molecule is Nc1c(Cl)cc(-c2nc3cc(Cl)cnc3o2)cc1Cl. The molecule has 0 radical (unpaired) electrons. The first-order valence-electron chi connectivity index (χ1n) is 5.21. The van der Waals surface area contributed by atoms with E-state index in [0.717, 1.165) is 0 Å². The van der Waals surface area contributed by atoms with Gasteiger partial charge < -0.3 is 10.2 Å². The highest BCUT2D eigenvalue weighted by Crippen LogP contribution is 2.34. The van der Waals surface area contributed by atoms with E-state index in [1.807, 2.05) is 0 Å². The van der Waals surface area contributed by atoms with Gasteiger partial charge in [0.05, 0.1) is 20.8 Å². The minimum atomic E-state index is 0.323. The number of hydrogen-bond donors (Lipinski definition) is 1. The van der Waals surface area contributed by atoms with Gasteiger partial charge in [0.25, 0.3) is 0 Å². The standard InChI is InChI=1S/C12H6Cl3N3O/c13-6-3-9-12(17-4-6)19-11(18-9)5-1-7(14)10(16)8(15)2-5/h1-4H,16H2. The summed E-state index contributed by atoms with van der Waals surface area (Å²) in [5.74, 6) is 0.355. The van der Waals surface area contributed by atoms with Crippen molar-refractivity contribution in [3.8, 4) is 11.5 Å². The number of fused-ring (bicyclic) bond motifs is 1. The van der Waals surface area contributed by atoms with Crippen LogP contribution < -0.4 is 5.73 Å². The van der Waals surface area contributed by atoms with Gasteiger partial charge in [0.1, 0.15) is 5.52 Å². The summed E-state index contributed by atoms with van der Waals surface area (Å²) in [7, 11) is 0. The molecule has 0 aliphatic carbocycles. The van der Waals surface area contributed by atoms with Crippen molar-refractivity contribution in [2.24, 2.45) is 0 Å². The number of benzene rings is 1. The summed E-state index contributed by atoms with van der Waals surface area (Å²) in [6, 6.07) is 4.93. The Morgan fingerprint density at radius 1 is 1.05 bits per heavy atom. The fourth-order valence-corrected chi connectivity index (χ4v) is 2.27. The van der Waals surface area contributed by atoms with Crippen molar-refractivity contribution in [2.45, 2.75) is 0 Å². The minimum Gasteiger partial charge on any atom is -0.418 e. The van der Waals surface area contributed by atoms with Crippen molar-refractivity contribution in [2.75, 3.05) is 5.73 Å². The number of hydrogen-bond acceptors (Lipinski definition) is 4. The molecule has 2 heterocycles. The summed E-state index contributed by atoms with van der Waals surface area (Å²) in [5.41, 5.74) is 7.58. The van der Waals surface area contributed by atoms with Crippen LogP contribution in [0.5, 0.6) is 0 Å². The lowest BCUT2D eigenvalue weighted by molar-refractivity contribution is 0.608. The molecule has 0 bridgehead atoms. The predicted molar refractivity (Wildman–Crippen MR) is 76.7 cm³/mol. The Balaban J connectivity index is 2.19. The predicted octanol–water partition coefficient (Wildman–Crippen LogP) is 4.43. The molecule has 3 rings (SSSR count). The molecule has 19 heavy (non-hydrogen) atoms. The Morgan fingerprint density at radius 3 is 2.42 bits per heavy atom. The first-order valence-corrected chi connectivity index (χ1v) is 6.35. The fourth-order valence-electron chi connectivity index (χ4n) is 1.63. The van der Waals surface area contributed by atoms with E-state index in [-0.39, 0.29) is 0 Å². The molecule has 0 atom stereocenters. The molecule has 4 nitrogen and oxygen atoms in total. The molecule has 7 heteroatoms. The van der Waals surface area contributed by atoms with E-state index >= 15 is 0 Å². The van der Waals surface area contributed by atoms with Gasteiger partial charge in [-0.05, 0) is 18.2 Å². The van der Waals surface area contributed by atoms with E-state index in [0.29, 0.717) is 43.4 Å². The number of nitrogens with zero attached hydrogens (tertiary/aromatic N) is 2. The van der Waals surface area contributed by atoms with Crippen LogP contribution in [0.15, 0.2) is 28.8 Å². The summed E-state index contributed by atoms with van der Waals surface area (Å²) in [6.07, 6.45) is 1.49. The molecule has 1 aromatic carbocycles. The molecule has 0 fully saturated rings. The van der Waals surface area contributed by atoms with E-state index in [2.05, 4.69) is 9.97 Å². The lowest BCUT2D eigenvalue weighted by atomic mass is 10.2. The maximum Gasteiger partial charge on any atom is 0.247 e. The van der Waals surface area contributed by atoms with Crippen LogP contribution in [0, 0.1) is 0 Å². The molecular formula is C12H6Cl3N3O. The van der Waals surface area contributed by atoms with Crippen molar-refractivity contribution in [3.63, 3.8) is 0 Å². The lowest BCUT2D eigenvalue weighted by Gasteiger charge is -2.02. The number of nitrogen functional groups attached to an aromatic ring is 1. The average molecular weight is 315 g/mol. The number of rotatable bonds is 1. The van der Waals surface area contributed by atoms with E-state index < -0.39 is 0 Å². The molecule has 2 N–H and O–H groups in total. The third-order valence-electron chi connectivity index (χ3n) is 2.54. The zero-order valence-electron chi connectivity index (χ0n) is 9.32. The molecule has 0 aliphatic heterocycles. The average Bonchev–Trinajstić information content (AvgIpc) is 2.78. The van der Waals surface area contributed by atoms with Crippen LogP contribution in [0.2, 0.25) is 15.1 Å². The topological polar surface area (TPSA) is 64.9 Å². The second kappa shape index (κ2) is 4.56. The molecule has 3 aromatic rings. The maximum absolute atomic E-state index is 5.98. The summed E-state index contributed by atoms with van der Waals surface area (Å²) < 4.78 is 5.52. The normalized spacial score (nSPS) is 11.1. The van der Waals surface area contributed by atoms with E-state index in [1.54, 1.807) is 18.2 Å². The van der Waals surface area contributed by atoms with Crippen molar-refractivity contribution < 1.29 is 4.42 Å². The largest absolute Gasteiger partial charge is 0.418 e. The second-order valence-electron chi connectivity index (χ2n) is 3.85. The maximum atomic E-state index is 5.98. The zero-order valence-corrected chi connectivity index (χ0v) is 11.6. The summed E-state index contributed by atoms with van der Waals surface area (Å²) in [4.78, 5) is 8.32.